The summed E-state index contributed by atoms with van der Waals surface area (Å²) in [5, 5.41) is 3.28. The van der Waals surface area contributed by atoms with Crippen LogP contribution in [-0.4, -0.2) is 11.9 Å². The zero-order chi connectivity index (χ0) is 16.8. The molecular formula is C23H19NO. The zero-order valence-corrected chi connectivity index (χ0v) is 13.8. The Morgan fingerprint density at radius 3 is 2.00 bits per heavy atom. The van der Waals surface area contributed by atoms with Crippen molar-refractivity contribution in [2.45, 2.75) is 6.04 Å². The minimum Gasteiger partial charge on any atom is -0.348 e. The summed E-state index contributed by atoms with van der Waals surface area (Å²) in [6.07, 6.45) is 8.60. The lowest BCUT2D eigenvalue weighted by molar-refractivity contribution is -0.123. The number of hydrogen-bond acceptors (Lipinski definition) is 1. The molecule has 1 fully saturated rings. The first kappa shape index (κ1) is 14.5. The number of rotatable bonds is 2. The molecule has 2 heteroatoms. The topological polar surface area (TPSA) is 29.1 Å². The summed E-state index contributed by atoms with van der Waals surface area (Å²) in [7, 11) is 0. The van der Waals surface area contributed by atoms with Crippen LogP contribution in [0, 0.1) is 17.8 Å². The molecule has 1 amide bonds. The van der Waals surface area contributed by atoms with Gasteiger partial charge < -0.3 is 5.32 Å². The fourth-order valence-electron chi connectivity index (χ4n) is 4.66. The fourth-order valence-corrected chi connectivity index (χ4v) is 4.66. The quantitative estimate of drug-likeness (QED) is 0.885. The first-order chi connectivity index (χ1) is 12.3. The van der Waals surface area contributed by atoms with E-state index < -0.39 is 0 Å². The predicted octanol–water partition coefficient (Wildman–Crippen LogP) is 4.08. The van der Waals surface area contributed by atoms with Crippen LogP contribution in [0.5, 0.6) is 0 Å². The van der Waals surface area contributed by atoms with E-state index in [4.69, 9.17) is 0 Å². The normalized spacial score (nSPS) is 29.5. The first-order valence-corrected chi connectivity index (χ1v) is 8.85. The summed E-state index contributed by atoms with van der Waals surface area (Å²) in [5.74, 6) is 0.491. The third-order valence-electron chi connectivity index (χ3n) is 5.65. The van der Waals surface area contributed by atoms with Crippen LogP contribution in [0.25, 0.3) is 11.1 Å². The number of benzene rings is 2. The van der Waals surface area contributed by atoms with E-state index in [0.717, 1.165) is 0 Å². The van der Waals surface area contributed by atoms with Crippen molar-refractivity contribution in [3.8, 4) is 0 Å². The van der Waals surface area contributed by atoms with E-state index in [-0.39, 0.29) is 29.7 Å². The first-order valence-electron chi connectivity index (χ1n) is 8.85. The van der Waals surface area contributed by atoms with Gasteiger partial charge in [0.05, 0.1) is 12.0 Å². The Morgan fingerprint density at radius 1 is 0.720 bits per heavy atom. The Kier molecular flexibility index (Phi) is 3.24. The Morgan fingerprint density at radius 2 is 1.32 bits per heavy atom. The number of carbonyl (C=O) groups excluding carboxylic acids is 1. The van der Waals surface area contributed by atoms with Crippen LogP contribution >= 0.6 is 0 Å². The lowest BCUT2D eigenvalue weighted by atomic mass is 9.66. The molecule has 2 nitrogen and oxygen atoms in total. The number of hydrogen-bond donors (Lipinski definition) is 1. The molecule has 4 bridgehead atoms. The summed E-state index contributed by atoms with van der Waals surface area (Å²) in [5.41, 5.74) is 4.96. The molecule has 2 aliphatic carbocycles. The molecule has 1 saturated heterocycles. The van der Waals surface area contributed by atoms with Crippen LogP contribution in [0.3, 0.4) is 0 Å². The number of nitrogens with one attached hydrogen (secondary N) is 1. The van der Waals surface area contributed by atoms with Crippen molar-refractivity contribution in [1.29, 1.82) is 0 Å². The van der Waals surface area contributed by atoms with E-state index in [9.17, 15) is 4.79 Å². The highest BCUT2D eigenvalue weighted by atomic mass is 16.2. The van der Waals surface area contributed by atoms with E-state index in [1.54, 1.807) is 0 Å². The molecule has 2 aromatic rings. The van der Waals surface area contributed by atoms with Gasteiger partial charge in [-0.3, -0.25) is 4.79 Å². The molecule has 5 rings (SSSR count). The standard InChI is InChI=1S/C23H19NO/c25-23-21-17-13-7-8-14-18(21)22(24-23)20(16-11-5-2-6-12-16)19(17)15-9-3-1-4-10-15/h1-14,17-18,21-22H,(H,24,25). The highest BCUT2D eigenvalue weighted by Crippen LogP contribution is 2.52. The van der Waals surface area contributed by atoms with Crippen molar-refractivity contribution in [3.63, 3.8) is 0 Å². The van der Waals surface area contributed by atoms with Gasteiger partial charge in [0, 0.05) is 11.8 Å². The maximum Gasteiger partial charge on any atom is 0.225 e. The smallest absolute Gasteiger partial charge is 0.225 e. The Bertz CT molecular complexity index is 908. The Hall–Kier alpha value is -2.87. The zero-order valence-electron chi connectivity index (χ0n) is 13.8. The summed E-state index contributed by atoms with van der Waals surface area (Å²) < 4.78 is 0. The second kappa shape index (κ2) is 5.59. The molecule has 25 heavy (non-hydrogen) atoms. The number of amides is 1. The van der Waals surface area contributed by atoms with Gasteiger partial charge in [-0.25, -0.2) is 0 Å². The van der Waals surface area contributed by atoms with Crippen molar-refractivity contribution in [3.05, 3.63) is 96.1 Å². The SMILES string of the molecule is O=C1NC2C(c3ccccc3)=C(c3ccccc3)C3C=CC=CC2C13. The van der Waals surface area contributed by atoms with Gasteiger partial charge in [0.15, 0.2) is 0 Å². The largest absolute Gasteiger partial charge is 0.348 e. The average Bonchev–Trinajstić information content (AvgIpc) is 2.80. The van der Waals surface area contributed by atoms with Crippen LogP contribution in [-0.2, 0) is 4.79 Å². The lowest BCUT2D eigenvalue weighted by Gasteiger charge is -2.35. The van der Waals surface area contributed by atoms with Gasteiger partial charge in [0.2, 0.25) is 5.91 Å². The van der Waals surface area contributed by atoms with Gasteiger partial charge in [-0.1, -0.05) is 85.0 Å². The van der Waals surface area contributed by atoms with Crippen LogP contribution in [0.15, 0.2) is 85.0 Å². The Balaban J connectivity index is 1.82. The second-order valence-electron chi connectivity index (χ2n) is 6.94. The lowest BCUT2D eigenvalue weighted by Crippen LogP contribution is -2.33. The van der Waals surface area contributed by atoms with E-state index in [1.165, 1.54) is 22.3 Å². The molecule has 4 unspecified atom stereocenters. The van der Waals surface area contributed by atoms with E-state index in [0.29, 0.717) is 0 Å². The summed E-state index contributed by atoms with van der Waals surface area (Å²) >= 11 is 0. The van der Waals surface area contributed by atoms with E-state index >= 15 is 0 Å². The molecular weight excluding hydrogens is 306 g/mol. The van der Waals surface area contributed by atoms with Crippen LogP contribution in [0.2, 0.25) is 0 Å². The molecule has 0 aromatic heterocycles. The minimum atomic E-state index is -0.0114. The summed E-state index contributed by atoms with van der Waals surface area (Å²) in [6.45, 7) is 0. The molecule has 0 spiro atoms. The van der Waals surface area contributed by atoms with Crippen molar-refractivity contribution >= 4 is 17.1 Å². The highest BCUT2D eigenvalue weighted by molar-refractivity contribution is 6.03. The van der Waals surface area contributed by atoms with E-state index in [1.807, 2.05) is 12.1 Å². The van der Waals surface area contributed by atoms with Crippen LogP contribution in [0.1, 0.15) is 11.1 Å². The summed E-state index contributed by atoms with van der Waals surface area (Å²) in [4.78, 5) is 12.8. The Labute approximate surface area is 147 Å². The molecule has 0 radical (unpaired) electrons. The molecule has 122 valence electrons. The van der Waals surface area contributed by atoms with Crippen molar-refractivity contribution < 1.29 is 4.79 Å². The number of allylic oxidation sites excluding steroid dienone is 4. The van der Waals surface area contributed by atoms with Gasteiger partial charge in [0.1, 0.15) is 0 Å². The maximum atomic E-state index is 12.8. The second-order valence-corrected chi connectivity index (χ2v) is 6.94. The van der Waals surface area contributed by atoms with Gasteiger partial charge in [-0.05, 0) is 22.3 Å². The third kappa shape index (κ3) is 2.14. The van der Waals surface area contributed by atoms with Gasteiger partial charge in [-0.15, -0.1) is 0 Å². The van der Waals surface area contributed by atoms with Gasteiger partial charge >= 0.3 is 0 Å². The number of carbonyl (C=O) groups is 1. The molecule has 1 N–H and O–H groups in total. The van der Waals surface area contributed by atoms with Crippen LogP contribution in [0.4, 0.5) is 0 Å². The van der Waals surface area contributed by atoms with Crippen LogP contribution < -0.4 is 5.32 Å². The highest BCUT2D eigenvalue weighted by Gasteiger charge is 2.52. The maximum absolute atomic E-state index is 12.8. The van der Waals surface area contributed by atoms with Crippen molar-refractivity contribution in [2.24, 2.45) is 17.8 Å². The molecule has 3 aliphatic rings. The molecule has 4 atom stereocenters. The average molecular weight is 325 g/mol. The van der Waals surface area contributed by atoms with Crippen molar-refractivity contribution in [2.75, 3.05) is 0 Å². The van der Waals surface area contributed by atoms with Gasteiger partial charge in [-0.2, -0.15) is 0 Å². The predicted molar refractivity (Wildman–Crippen MR) is 100 cm³/mol. The third-order valence-corrected chi connectivity index (χ3v) is 5.65. The van der Waals surface area contributed by atoms with Gasteiger partial charge in [0.25, 0.3) is 0 Å². The molecule has 1 aliphatic heterocycles. The van der Waals surface area contributed by atoms with E-state index in [2.05, 4.69) is 78.2 Å². The summed E-state index contributed by atoms with van der Waals surface area (Å²) in [6, 6.07) is 21.1. The molecule has 1 heterocycles. The molecule has 0 saturated carbocycles. The monoisotopic (exact) mass is 325 g/mol. The molecule has 2 aromatic carbocycles. The minimum absolute atomic E-state index is 0.0114. The fraction of sp³-hybridized carbons (Fsp3) is 0.174. The van der Waals surface area contributed by atoms with Crippen molar-refractivity contribution in [1.82, 2.24) is 5.32 Å².